The van der Waals surface area contributed by atoms with Crippen LogP contribution >= 0.6 is 0 Å². The molecule has 1 heterocycles. The topological polar surface area (TPSA) is 41.1 Å². The lowest BCUT2D eigenvalue weighted by Crippen LogP contribution is -2.40. The van der Waals surface area contributed by atoms with Gasteiger partial charge in [0.1, 0.15) is 0 Å². The molecule has 110 valence electrons. The molecule has 6 heteroatoms. The average molecular weight is 286 g/mol. The van der Waals surface area contributed by atoms with E-state index in [1.807, 2.05) is 0 Å². The molecule has 0 radical (unpaired) electrons. The van der Waals surface area contributed by atoms with Gasteiger partial charge in [-0.15, -0.1) is 0 Å². The fourth-order valence-corrected chi connectivity index (χ4v) is 2.35. The number of carbonyl (C=O) groups excluding carboxylic acids is 1. The van der Waals surface area contributed by atoms with Crippen LogP contribution < -0.4 is 10.6 Å². The molecule has 0 aromatic heterocycles. The van der Waals surface area contributed by atoms with E-state index in [1.54, 1.807) is 13.0 Å². The van der Waals surface area contributed by atoms with E-state index in [4.69, 9.17) is 0 Å². The summed E-state index contributed by atoms with van der Waals surface area (Å²) in [7, 11) is 0. The molecule has 1 aromatic rings. The summed E-state index contributed by atoms with van der Waals surface area (Å²) < 4.78 is 38.1. The van der Waals surface area contributed by atoms with Crippen molar-refractivity contribution in [3.63, 3.8) is 0 Å². The van der Waals surface area contributed by atoms with E-state index in [1.165, 1.54) is 0 Å². The minimum absolute atomic E-state index is 0.113. The zero-order chi connectivity index (χ0) is 14.8. The second-order valence-corrected chi connectivity index (χ2v) is 5.07. The standard InChI is InChI=1S/C14H17F3N2O/c1-9-5-10(7-11(6-9)14(15,16)17)8-19-13(20)12-3-2-4-18-12/h5-7,12,18H,2-4,8H2,1H3,(H,19,20)/t12-/m1/s1. The van der Waals surface area contributed by atoms with Gasteiger partial charge in [0.15, 0.2) is 0 Å². The van der Waals surface area contributed by atoms with Gasteiger partial charge in [-0.25, -0.2) is 0 Å². The second kappa shape index (κ2) is 5.83. The molecule has 0 unspecified atom stereocenters. The molecule has 0 spiro atoms. The highest BCUT2D eigenvalue weighted by molar-refractivity contribution is 5.81. The Morgan fingerprint density at radius 1 is 1.40 bits per heavy atom. The van der Waals surface area contributed by atoms with E-state index >= 15 is 0 Å². The van der Waals surface area contributed by atoms with Crippen LogP contribution in [0.1, 0.15) is 29.5 Å². The lowest BCUT2D eigenvalue weighted by atomic mass is 10.1. The first-order chi connectivity index (χ1) is 9.36. The molecule has 3 nitrogen and oxygen atoms in total. The first-order valence-electron chi connectivity index (χ1n) is 6.55. The van der Waals surface area contributed by atoms with Gasteiger partial charge >= 0.3 is 6.18 Å². The van der Waals surface area contributed by atoms with Crippen molar-refractivity contribution in [1.29, 1.82) is 0 Å². The summed E-state index contributed by atoms with van der Waals surface area (Å²) >= 11 is 0. The van der Waals surface area contributed by atoms with Gasteiger partial charge in [0.05, 0.1) is 11.6 Å². The Morgan fingerprint density at radius 3 is 2.75 bits per heavy atom. The van der Waals surface area contributed by atoms with Crippen molar-refractivity contribution in [3.8, 4) is 0 Å². The van der Waals surface area contributed by atoms with Gasteiger partial charge in [-0.05, 0) is 44.0 Å². The van der Waals surface area contributed by atoms with Crippen molar-refractivity contribution in [2.24, 2.45) is 0 Å². The van der Waals surface area contributed by atoms with Gasteiger partial charge in [0.25, 0.3) is 0 Å². The number of rotatable bonds is 3. The Bertz CT molecular complexity index is 494. The fourth-order valence-electron chi connectivity index (χ4n) is 2.35. The Hall–Kier alpha value is -1.56. The van der Waals surface area contributed by atoms with Crippen molar-refractivity contribution < 1.29 is 18.0 Å². The molecule has 20 heavy (non-hydrogen) atoms. The molecule has 1 fully saturated rings. The number of nitrogens with one attached hydrogen (secondary N) is 2. The largest absolute Gasteiger partial charge is 0.416 e. The molecular weight excluding hydrogens is 269 g/mol. The summed E-state index contributed by atoms with van der Waals surface area (Å²) in [5.41, 5.74) is 0.312. The van der Waals surface area contributed by atoms with Gasteiger partial charge in [-0.3, -0.25) is 4.79 Å². The third kappa shape index (κ3) is 3.72. The second-order valence-electron chi connectivity index (χ2n) is 5.07. The van der Waals surface area contributed by atoms with E-state index < -0.39 is 11.7 Å². The maximum Gasteiger partial charge on any atom is 0.416 e. The van der Waals surface area contributed by atoms with Gasteiger partial charge < -0.3 is 10.6 Å². The van der Waals surface area contributed by atoms with Crippen molar-refractivity contribution in [1.82, 2.24) is 10.6 Å². The van der Waals surface area contributed by atoms with E-state index in [-0.39, 0.29) is 18.5 Å². The van der Waals surface area contributed by atoms with Crippen LogP contribution in [-0.4, -0.2) is 18.5 Å². The number of hydrogen-bond donors (Lipinski definition) is 2. The smallest absolute Gasteiger partial charge is 0.351 e. The van der Waals surface area contributed by atoms with Gasteiger partial charge in [0.2, 0.25) is 5.91 Å². The van der Waals surface area contributed by atoms with Crippen LogP contribution in [0.3, 0.4) is 0 Å². The summed E-state index contributed by atoms with van der Waals surface area (Å²) in [6, 6.07) is 3.61. The molecule has 1 aliphatic heterocycles. The SMILES string of the molecule is Cc1cc(CNC(=O)[C@H]2CCCN2)cc(C(F)(F)F)c1. The van der Waals surface area contributed by atoms with E-state index in [9.17, 15) is 18.0 Å². The van der Waals surface area contributed by atoms with Gasteiger partial charge in [-0.2, -0.15) is 13.2 Å². The zero-order valence-corrected chi connectivity index (χ0v) is 11.2. The Kier molecular flexibility index (Phi) is 4.32. The van der Waals surface area contributed by atoms with E-state index in [0.29, 0.717) is 11.1 Å². The van der Waals surface area contributed by atoms with Crippen LogP contribution in [0.5, 0.6) is 0 Å². The molecule has 0 bridgehead atoms. The van der Waals surface area contributed by atoms with Crippen LogP contribution in [0.4, 0.5) is 13.2 Å². The van der Waals surface area contributed by atoms with Crippen LogP contribution in [0.15, 0.2) is 18.2 Å². The highest BCUT2D eigenvalue weighted by atomic mass is 19.4. The lowest BCUT2D eigenvalue weighted by molar-refractivity contribution is -0.137. The zero-order valence-electron chi connectivity index (χ0n) is 11.2. The minimum atomic E-state index is -4.36. The van der Waals surface area contributed by atoms with Gasteiger partial charge in [0, 0.05) is 6.54 Å². The van der Waals surface area contributed by atoms with Gasteiger partial charge in [-0.1, -0.05) is 11.6 Å². The number of hydrogen-bond acceptors (Lipinski definition) is 2. The molecular formula is C14H17F3N2O. The summed E-state index contributed by atoms with van der Waals surface area (Å²) in [5.74, 6) is -0.155. The first kappa shape index (κ1) is 14.8. The quantitative estimate of drug-likeness (QED) is 0.895. The molecule has 2 N–H and O–H groups in total. The average Bonchev–Trinajstić information content (AvgIpc) is 2.88. The third-order valence-electron chi connectivity index (χ3n) is 3.31. The van der Waals surface area contributed by atoms with Crippen molar-refractivity contribution >= 4 is 5.91 Å². The normalized spacial score (nSPS) is 19.1. The maximum absolute atomic E-state index is 12.7. The lowest BCUT2D eigenvalue weighted by Gasteiger charge is -2.13. The fraction of sp³-hybridized carbons (Fsp3) is 0.500. The highest BCUT2D eigenvalue weighted by Crippen LogP contribution is 2.30. The number of benzene rings is 1. The predicted molar refractivity (Wildman–Crippen MR) is 69.1 cm³/mol. The number of aryl methyl sites for hydroxylation is 1. The number of carbonyl (C=O) groups is 1. The maximum atomic E-state index is 12.7. The first-order valence-corrected chi connectivity index (χ1v) is 6.55. The highest BCUT2D eigenvalue weighted by Gasteiger charge is 2.31. The summed E-state index contributed by atoms with van der Waals surface area (Å²) in [6.45, 7) is 2.53. The molecule has 1 aliphatic rings. The van der Waals surface area contributed by atoms with Crippen molar-refractivity contribution in [2.75, 3.05) is 6.54 Å². The molecule has 0 saturated carbocycles. The molecule has 1 atom stereocenters. The van der Waals surface area contributed by atoms with Crippen LogP contribution in [0.25, 0.3) is 0 Å². The van der Waals surface area contributed by atoms with Crippen LogP contribution in [0.2, 0.25) is 0 Å². The van der Waals surface area contributed by atoms with E-state index in [0.717, 1.165) is 31.5 Å². The van der Waals surface area contributed by atoms with Crippen molar-refractivity contribution in [2.45, 2.75) is 38.5 Å². The number of amides is 1. The Morgan fingerprint density at radius 2 is 2.15 bits per heavy atom. The molecule has 2 rings (SSSR count). The summed E-state index contributed by atoms with van der Waals surface area (Å²) in [6.07, 6.45) is -2.65. The summed E-state index contributed by atoms with van der Waals surface area (Å²) in [5, 5.41) is 5.73. The van der Waals surface area contributed by atoms with E-state index in [2.05, 4.69) is 10.6 Å². The third-order valence-corrected chi connectivity index (χ3v) is 3.31. The molecule has 1 amide bonds. The predicted octanol–water partition coefficient (Wildman–Crippen LogP) is 2.38. The Balaban J connectivity index is 2.02. The Labute approximate surface area is 115 Å². The monoisotopic (exact) mass is 286 g/mol. The minimum Gasteiger partial charge on any atom is -0.351 e. The number of alkyl halides is 3. The van der Waals surface area contributed by atoms with Crippen molar-refractivity contribution in [3.05, 3.63) is 34.9 Å². The molecule has 1 aromatic carbocycles. The number of halogens is 3. The molecule has 1 saturated heterocycles. The molecule has 0 aliphatic carbocycles. The summed E-state index contributed by atoms with van der Waals surface area (Å²) in [4.78, 5) is 11.8. The van der Waals surface area contributed by atoms with Crippen LogP contribution in [-0.2, 0) is 17.5 Å². The van der Waals surface area contributed by atoms with Crippen LogP contribution in [0, 0.1) is 6.92 Å².